The number of likely N-dealkylation sites (tertiary alicyclic amines) is 1. The summed E-state index contributed by atoms with van der Waals surface area (Å²) in [6.45, 7) is 0.412. The predicted molar refractivity (Wildman–Crippen MR) is 79.8 cm³/mol. The molecule has 0 aromatic heterocycles. The van der Waals surface area contributed by atoms with Crippen LogP contribution in [0.2, 0.25) is 0 Å². The molecule has 1 N–H and O–H groups in total. The SMILES string of the molecule is O=C(N[C@H]1CCSC1=O)C1CN(C(=O)c2ccc(F)c(F)c2)C1. The van der Waals surface area contributed by atoms with Crippen LogP contribution in [-0.2, 0) is 9.59 Å². The highest BCUT2D eigenvalue weighted by molar-refractivity contribution is 8.14. The Morgan fingerprint density at radius 1 is 1.22 bits per heavy atom. The molecule has 23 heavy (non-hydrogen) atoms. The molecule has 0 saturated carbocycles. The summed E-state index contributed by atoms with van der Waals surface area (Å²) in [5, 5.41) is 2.65. The Labute approximate surface area is 135 Å². The zero-order chi connectivity index (χ0) is 16.6. The van der Waals surface area contributed by atoms with Crippen LogP contribution in [0.15, 0.2) is 18.2 Å². The fraction of sp³-hybridized carbons (Fsp3) is 0.400. The van der Waals surface area contributed by atoms with Crippen molar-refractivity contribution in [3.63, 3.8) is 0 Å². The van der Waals surface area contributed by atoms with Gasteiger partial charge in [-0.1, -0.05) is 11.8 Å². The second-order valence-electron chi connectivity index (χ2n) is 5.55. The minimum Gasteiger partial charge on any atom is -0.345 e. The van der Waals surface area contributed by atoms with Crippen molar-refractivity contribution in [3.8, 4) is 0 Å². The van der Waals surface area contributed by atoms with Gasteiger partial charge in [0.25, 0.3) is 5.91 Å². The van der Waals surface area contributed by atoms with Gasteiger partial charge in [0.15, 0.2) is 11.6 Å². The van der Waals surface area contributed by atoms with Crippen LogP contribution >= 0.6 is 11.8 Å². The number of hydrogen-bond acceptors (Lipinski definition) is 4. The van der Waals surface area contributed by atoms with Crippen molar-refractivity contribution in [2.75, 3.05) is 18.8 Å². The zero-order valence-corrected chi connectivity index (χ0v) is 12.9. The van der Waals surface area contributed by atoms with Crippen LogP contribution in [0.1, 0.15) is 16.8 Å². The Morgan fingerprint density at radius 3 is 2.57 bits per heavy atom. The number of benzene rings is 1. The third kappa shape index (κ3) is 3.21. The van der Waals surface area contributed by atoms with Crippen LogP contribution < -0.4 is 5.32 Å². The highest BCUT2D eigenvalue weighted by Gasteiger charge is 2.38. The van der Waals surface area contributed by atoms with Crippen molar-refractivity contribution < 1.29 is 23.2 Å². The molecule has 2 heterocycles. The second-order valence-corrected chi connectivity index (χ2v) is 6.65. The van der Waals surface area contributed by atoms with Gasteiger partial charge in [-0.3, -0.25) is 14.4 Å². The minimum atomic E-state index is -1.08. The van der Waals surface area contributed by atoms with E-state index in [1.807, 2.05) is 0 Å². The van der Waals surface area contributed by atoms with Gasteiger partial charge in [-0.05, 0) is 24.6 Å². The summed E-state index contributed by atoms with van der Waals surface area (Å²) in [5.74, 6) is -2.46. The van der Waals surface area contributed by atoms with Crippen LogP contribution in [0.3, 0.4) is 0 Å². The molecule has 2 amide bonds. The summed E-state index contributed by atoms with van der Waals surface area (Å²) in [4.78, 5) is 37.0. The number of thioether (sulfide) groups is 1. The van der Waals surface area contributed by atoms with Gasteiger partial charge in [0.05, 0.1) is 12.0 Å². The van der Waals surface area contributed by atoms with E-state index in [1.54, 1.807) is 0 Å². The lowest BCUT2D eigenvalue weighted by Gasteiger charge is -2.38. The Balaban J connectivity index is 1.53. The normalized spacial score (nSPS) is 21.2. The average molecular weight is 340 g/mol. The minimum absolute atomic E-state index is 0.0348. The van der Waals surface area contributed by atoms with E-state index in [1.165, 1.54) is 22.7 Å². The van der Waals surface area contributed by atoms with Crippen LogP contribution in [-0.4, -0.2) is 46.7 Å². The van der Waals surface area contributed by atoms with Crippen molar-refractivity contribution in [1.82, 2.24) is 10.2 Å². The fourth-order valence-electron chi connectivity index (χ4n) is 2.54. The summed E-state index contributed by atoms with van der Waals surface area (Å²) in [6, 6.07) is 2.52. The van der Waals surface area contributed by atoms with Gasteiger partial charge < -0.3 is 10.2 Å². The second kappa shape index (κ2) is 6.27. The van der Waals surface area contributed by atoms with E-state index >= 15 is 0 Å². The van der Waals surface area contributed by atoms with Crippen molar-refractivity contribution in [2.45, 2.75) is 12.5 Å². The first-order valence-electron chi connectivity index (χ1n) is 7.17. The van der Waals surface area contributed by atoms with Gasteiger partial charge in [0, 0.05) is 24.4 Å². The molecule has 1 aromatic carbocycles. The first-order valence-corrected chi connectivity index (χ1v) is 8.15. The molecule has 2 aliphatic rings. The van der Waals surface area contributed by atoms with Crippen molar-refractivity contribution >= 4 is 28.7 Å². The summed E-state index contributed by atoms with van der Waals surface area (Å²) >= 11 is 1.21. The highest BCUT2D eigenvalue weighted by atomic mass is 32.2. The largest absolute Gasteiger partial charge is 0.345 e. The van der Waals surface area contributed by atoms with Crippen LogP contribution in [0.5, 0.6) is 0 Å². The molecule has 2 fully saturated rings. The topological polar surface area (TPSA) is 66.5 Å². The van der Waals surface area contributed by atoms with E-state index in [0.717, 1.165) is 12.1 Å². The number of rotatable bonds is 3. The molecule has 3 rings (SSSR count). The van der Waals surface area contributed by atoms with Crippen LogP contribution in [0, 0.1) is 17.6 Å². The number of carbonyl (C=O) groups is 3. The van der Waals surface area contributed by atoms with Gasteiger partial charge in [-0.15, -0.1) is 0 Å². The molecule has 5 nitrogen and oxygen atoms in total. The fourth-order valence-corrected chi connectivity index (χ4v) is 3.47. The summed E-state index contributed by atoms with van der Waals surface area (Å²) < 4.78 is 26.0. The molecule has 0 bridgehead atoms. The molecule has 8 heteroatoms. The standard InChI is InChI=1S/C15H14F2N2O3S/c16-10-2-1-8(5-11(10)17)14(21)19-6-9(7-19)13(20)18-12-3-4-23-15(12)22/h1-2,5,9,12H,3-4,6-7H2,(H,18,20)/t12-/m0/s1. The Hall–Kier alpha value is -1.96. The lowest BCUT2D eigenvalue weighted by atomic mass is 9.97. The lowest BCUT2D eigenvalue weighted by Crippen LogP contribution is -2.57. The number of halogens is 2. The first kappa shape index (κ1) is 15.9. The summed E-state index contributed by atoms with van der Waals surface area (Å²) in [6.07, 6.45) is 0.624. The molecule has 2 saturated heterocycles. The van der Waals surface area contributed by atoms with Gasteiger partial charge in [-0.2, -0.15) is 0 Å². The third-order valence-electron chi connectivity index (χ3n) is 3.96. The lowest BCUT2D eigenvalue weighted by molar-refractivity contribution is -0.131. The maximum Gasteiger partial charge on any atom is 0.254 e. The molecule has 0 radical (unpaired) electrons. The predicted octanol–water partition coefficient (Wildman–Crippen LogP) is 1.19. The van der Waals surface area contributed by atoms with Gasteiger partial charge in [-0.25, -0.2) is 8.78 Å². The first-order chi connectivity index (χ1) is 11.0. The number of nitrogens with one attached hydrogen (secondary N) is 1. The van der Waals surface area contributed by atoms with E-state index in [9.17, 15) is 23.2 Å². The van der Waals surface area contributed by atoms with E-state index < -0.39 is 23.6 Å². The van der Waals surface area contributed by atoms with E-state index in [2.05, 4.69) is 5.32 Å². The van der Waals surface area contributed by atoms with Crippen molar-refractivity contribution in [3.05, 3.63) is 35.4 Å². The quantitative estimate of drug-likeness (QED) is 0.897. The van der Waals surface area contributed by atoms with Gasteiger partial charge in [0.1, 0.15) is 0 Å². The molecule has 1 atom stereocenters. The van der Waals surface area contributed by atoms with Crippen molar-refractivity contribution in [1.29, 1.82) is 0 Å². The summed E-state index contributed by atoms with van der Waals surface area (Å²) in [7, 11) is 0. The molecule has 2 aliphatic heterocycles. The molecular formula is C15H14F2N2O3S. The van der Waals surface area contributed by atoms with Crippen LogP contribution in [0.25, 0.3) is 0 Å². The maximum absolute atomic E-state index is 13.2. The molecular weight excluding hydrogens is 326 g/mol. The van der Waals surface area contributed by atoms with Crippen molar-refractivity contribution in [2.24, 2.45) is 5.92 Å². The number of amides is 2. The monoisotopic (exact) mass is 340 g/mol. The van der Waals surface area contributed by atoms with Crippen LogP contribution in [0.4, 0.5) is 8.78 Å². The summed E-state index contributed by atoms with van der Waals surface area (Å²) in [5.41, 5.74) is 0.0464. The third-order valence-corrected chi connectivity index (χ3v) is 4.97. The van der Waals surface area contributed by atoms with Gasteiger partial charge in [0.2, 0.25) is 11.0 Å². The van der Waals surface area contributed by atoms with E-state index in [-0.39, 0.29) is 35.6 Å². The Bertz CT molecular complexity index is 677. The zero-order valence-electron chi connectivity index (χ0n) is 12.1. The number of hydrogen-bond donors (Lipinski definition) is 1. The number of nitrogens with zero attached hydrogens (tertiary/aromatic N) is 1. The molecule has 0 spiro atoms. The van der Waals surface area contributed by atoms with E-state index in [4.69, 9.17) is 0 Å². The molecule has 0 unspecified atom stereocenters. The van der Waals surface area contributed by atoms with E-state index in [0.29, 0.717) is 12.2 Å². The maximum atomic E-state index is 13.2. The molecule has 1 aromatic rings. The number of carbonyl (C=O) groups excluding carboxylic acids is 3. The Morgan fingerprint density at radius 2 is 1.96 bits per heavy atom. The average Bonchev–Trinajstić information content (AvgIpc) is 2.85. The molecule has 122 valence electrons. The van der Waals surface area contributed by atoms with Gasteiger partial charge >= 0.3 is 0 Å². The Kier molecular flexibility index (Phi) is 4.34. The molecule has 0 aliphatic carbocycles. The highest BCUT2D eigenvalue weighted by Crippen LogP contribution is 2.23. The smallest absolute Gasteiger partial charge is 0.254 e.